The standard InChI is InChI=1S/C17H15ClN6O3.CH3.In/c1-8(2)14-10-6-11(13(25)7-12(10)20-21-14)15-22-23-16(19-17(26)27)24(15)9(3)4-5-18;;/h3-4,6-8,25H,1-2H3,(H,19,23)(H,20,21)(H,26,27);1H3;. The van der Waals surface area contributed by atoms with Gasteiger partial charge in [-0.15, -0.1) is 0 Å². The zero-order chi connectivity index (χ0) is 20.9. The van der Waals surface area contributed by atoms with Crippen molar-refractivity contribution in [1.82, 2.24) is 25.0 Å². The van der Waals surface area contributed by atoms with Gasteiger partial charge >= 0.3 is 179 Å². The van der Waals surface area contributed by atoms with Gasteiger partial charge in [-0.2, -0.15) is 0 Å². The van der Waals surface area contributed by atoms with Crippen LogP contribution in [0.3, 0.4) is 0 Å². The summed E-state index contributed by atoms with van der Waals surface area (Å²) in [5, 5.41) is 38.4. The number of phenols is 1. The zero-order valence-electron chi connectivity index (χ0n) is 15.9. The van der Waals surface area contributed by atoms with Crippen molar-refractivity contribution in [1.29, 1.82) is 0 Å². The SMILES string of the molecule is CC(C)c1[nH]nc2cc(O)c(-c3nnc(NC(=O)O)n3C3=[CH][In]([CH3])[C](Cl)=C3)cc12. The van der Waals surface area contributed by atoms with Crippen molar-refractivity contribution in [2.75, 3.05) is 5.32 Å². The van der Waals surface area contributed by atoms with Crippen molar-refractivity contribution in [3.05, 3.63) is 30.5 Å². The number of aromatic nitrogens is 5. The van der Waals surface area contributed by atoms with Gasteiger partial charge < -0.3 is 0 Å². The monoisotopic (exact) mass is 516 g/mol. The molecule has 0 saturated heterocycles. The molecule has 3 aromatic rings. The Morgan fingerprint density at radius 2 is 2.10 bits per heavy atom. The van der Waals surface area contributed by atoms with Gasteiger partial charge in [-0.05, 0) is 0 Å². The number of allylic oxidation sites excluding steroid dienone is 2. The average Bonchev–Trinajstić information content (AvgIpc) is 3.31. The van der Waals surface area contributed by atoms with Crippen molar-refractivity contribution in [2.24, 2.45) is 0 Å². The Bertz CT molecular complexity index is 1200. The van der Waals surface area contributed by atoms with Crippen LogP contribution in [0.1, 0.15) is 25.5 Å². The summed E-state index contributed by atoms with van der Waals surface area (Å²) in [5.74, 6) is 0.529. The Labute approximate surface area is 178 Å². The van der Waals surface area contributed by atoms with E-state index in [0.717, 1.165) is 13.9 Å². The van der Waals surface area contributed by atoms with Gasteiger partial charge in [0.2, 0.25) is 0 Å². The van der Waals surface area contributed by atoms with Crippen molar-refractivity contribution in [2.45, 2.75) is 24.4 Å². The van der Waals surface area contributed by atoms with Crippen LogP contribution in [-0.2, 0) is 0 Å². The molecule has 11 heteroatoms. The third kappa shape index (κ3) is 3.51. The summed E-state index contributed by atoms with van der Waals surface area (Å²) in [6, 6.07) is 3.35. The summed E-state index contributed by atoms with van der Waals surface area (Å²) in [7, 11) is 0. The van der Waals surface area contributed by atoms with Gasteiger partial charge in [0.15, 0.2) is 0 Å². The van der Waals surface area contributed by atoms with E-state index in [1.807, 2.05) is 19.9 Å². The first-order chi connectivity index (χ1) is 13.8. The molecule has 1 aromatic carbocycles. The van der Waals surface area contributed by atoms with E-state index < -0.39 is 27.5 Å². The summed E-state index contributed by atoms with van der Waals surface area (Å²) in [4.78, 5) is 11.2. The fraction of sp³-hybridized carbons (Fsp3) is 0.222. The summed E-state index contributed by atoms with van der Waals surface area (Å²) < 4.78 is 6.61. The van der Waals surface area contributed by atoms with Gasteiger partial charge in [-0.1, -0.05) is 0 Å². The molecule has 4 N–H and O–H groups in total. The Morgan fingerprint density at radius 3 is 2.72 bits per heavy atom. The first kappa shape index (κ1) is 19.8. The Balaban J connectivity index is 1.95. The van der Waals surface area contributed by atoms with Crippen molar-refractivity contribution in [3.8, 4) is 17.1 Å². The van der Waals surface area contributed by atoms with E-state index in [-0.39, 0.29) is 17.6 Å². The Kier molecular flexibility index (Phi) is 5.07. The van der Waals surface area contributed by atoms with Crippen molar-refractivity contribution in [3.63, 3.8) is 0 Å². The van der Waals surface area contributed by atoms with Gasteiger partial charge in [0, 0.05) is 0 Å². The molecule has 0 spiro atoms. The second-order valence-corrected chi connectivity index (χ2v) is 15.9. The number of anilines is 1. The number of hydrogen-bond donors (Lipinski definition) is 4. The van der Waals surface area contributed by atoms with Crippen LogP contribution in [-0.4, -0.2) is 62.7 Å². The second kappa shape index (κ2) is 7.42. The molecule has 9 nitrogen and oxygen atoms in total. The molecule has 148 valence electrons. The molecule has 3 heterocycles. The number of fused-ring (bicyclic) bond motifs is 1. The molecule has 0 radical (unpaired) electrons. The molecule has 0 unspecified atom stereocenters. The van der Waals surface area contributed by atoms with E-state index >= 15 is 0 Å². The molecule has 0 fully saturated rings. The second-order valence-electron chi connectivity index (χ2n) is 7.20. The molecule has 1 aliphatic heterocycles. The van der Waals surface area contributed by atoms with Crippen LogP contribution in [0, 0.1) is 0 Å². The fourth-order valence-electron chi connectivity index (χ4n) is 3.36. The molecule has 0 bridgehead atoms. The maximum absolute atomic E-state index is 11.2. The summed E-state index contributed by atoms with van der Waals surface area (Å²) in [6.07, 6.45) is 0.557. The average molecular weight is 517 g/mol. The minimum atomic E-state index is -2.17. The van der Waals surface area contributed by atoms with Crippen LogP contribution in [0.2, 0.25) is 4.68 Å². The molecule has 4 rings (SSSR count). The van der Waals surface area contributed by atoms with Gasteiger partial charge in [0.1, 0.15) is 0 Å². The summed E-state index contributed by atoms with van der Waals surface area (Å²) >= 11 is 4.16. The van der Waals surface area contributed by atoms with E-state index in [9.17, 15) is 15.0 Å². The van der Waals surface area contributed by atoms with Crippen LogP contribution < -0.4 is 5.32 Å². The van der Waals surface area contributed by atoms with Crippen LogP contribution in [0.5, 0.6) is 5.75 Å². The number of carboxylic acid groups (broad SMARTS) is 1. The topological polar surface area (TPSA) is 129 Å². The molecule has 1 aliphatic rings. The van der Waals surface area contributed by atoms with E-state index in [2.05, 4.69) is 34.2 Å². The number of carbonyl (C=O) groups is 1. The first-order valence-corrected chi connectivity index (χ1v) is 16.2. The van der Waals surface area contributed by atoms with Gasteiger partial charge in [-0.3, -0.25) is 0 Å². The quantitative estimate of drug-likeness (QED) is 0.416. The third-order valence-corrected chi connectivity index (χ3v) is 12.6. The molecule has 0 saturated carbocycles. The molecular formula is C18H18ClInN6O3. The summed E-state index contributed by atoms with van der Waals surface area (Å²) in [5.41, 5.74) is 2.70. The molecule has 1 amide bonds. The van der Waals surface area contributed by atoms with Gasteiger partial charge in [-0.25, -0.2) is 0 Å². The minimum absolute atomic E-state index is 0.0277. The van der Waals surface area contributed by atoms with Gasteiger partial charge in [0.05, 0.1) is 0 Å². The van der Waals surface area contributed by atoms with Crippen molar-refractivity contribution >= 4 is 61.7 Å². The normalized spacial score (nSPS) is 13.9. The number of nitrogens with one attached hydrogen (secondary N) is 2. The Morgan fingerprint density at radius 1 is 1.34 bits per heavy atom. The predicted molar refractivity (Wildman–Crippen MR) is 112 cm³/mol. The van der Waals surface area contributed by atoms with Crippen LogP contribution in [0.25, 0.3) is 28.0 Å². The number of nitrogens with zero attached hydrogens (tertiary/aromatic N) is 4. The predicted octanol–water partition coefficient (Wildman–Crippen LogP) is 3.92. The van der Waals surface area contributed by atoms with Crippen LogP contribution in [0.4, 0.5) is 10.7 Å². The summed E-state index contributed by atoms with van der Waals surface area (Å²) in [6.45, 7) is 4.09. The number of halogens is 1. The van der Waals surface area contributed by atoms with E-state index in [1.54, 1.807) is 16.7 Å². The zero-order valence-corrected chi connectivity index (χ0v) is 20.0. The molecule has 2 aromatic heterocycles. The molecular weight excluding hydrogens is 499 g/mol. The fourth-order valence-corrected chi connectivity index (χ4v) is 7.75. The van der Waals surface area contributed by atoms with E-state index in [0.29, 0.717) is 22.6 Å². The van der Waals surface area contributed by atoms with Crippen molar-refractivity contribution < 1.29 is 15.0 Å². The number of amides is 1. The van der Waals surface area contributed by atoms with E-state index in [4.69, 9.17) is 11.6 Å². The molecule has 29 heavy (non-hydrogen) atoms. The number of phenolic OH excluding ortho intramolecular Hbond substituents is 1. The molecule has 0 aliphatic carbocycles. The van der Waals surface area contributed by atoms with Crippen LogP contribution >= 0.6 is 11.6 Å². The Hall–Kier alpha value is -2.46. The number of benzene rings is 1. The number of H-pyrrole nitrogens is 1. The number of aromatic hydroxyl groups is 1. The molecule has 0 atom stereocenters. The number of aromatic amines is 1. The number of hydrogen-bond acceptors (Lipinski definition) is 5. The number of rotatable bonds is 4. The third-order valence-electron chi connectivity index (χ3n) is 4.80. The first-order valence-electron chi connectivity index (χ1n) is 9.02. The maximum atomic E-state index is 11.2. The van der Waals surface area contributed by atoms with E-state index in [1.165, 1.54) is 0 Å². The van der Waals surface area contributed by atoms with Crippen LogP contribution in [0.15, 0.2) is 24.8 Å². The van der Waals surface area contributed by atoms with Gasteiger partial charge in [0.25, 0.3) is 0 Å².